The van der Waals surface area contributed by atoms with Gasteiger partial charge in [0.2, 0.25) is 0 Å². The quantitative estimate of drug-likeness (QED) is 0.340. The normalized spacial score (nSPS) is 12.4. The van der Waals surface area contributed by atoms with Crippen molar-refractivity contribution in [1.82, 2.24) is 15.6 Å². The minimum Gasteiger partial charge on any atom is -0.357 e. The molecule has 0 radical (unpaired) electrons. The molecule has 6 heteroatoms. The largest absolute Gasteiger partial charge is 0.357 e. The van der Waals surface area contributed by atoms with Gasteiger partial charge >= 0.3 is 0 Å². The van der Waals surface area contributed by atoms with Crippen LogP contribution in [-0.4, -0.2) is 23.5 Å². The fourth-order valence-electron chi connectivity index (χ4n) is 2.40. The number of aryl methyl sites for hydroxylation is 2. The highest BCUT2D eigenvalue weighted by Gasteiger charge is 2.06. The van der Waals surface area contributed by atoms with Gasteiger partial charge in [0.1, 0.15) is 0 Å². The van der Waals surface area contributed by atoms with Crippen molar-refractivity contribution in [2.75, 3.05) is 6.54 Å². The number of aromatic nitrogens is 1. The molecule has 0 amide bonds. The molecule has 0 fully saturated rings. The van der Waals surface area contributed by atoms with E-state index in [0.29, 0.717) is 12.6 Å². The summed E-state index contributed by atoms with van der Waals surface area (Å²) in [4.78, 5) is 9.24. The highest BCUT2D eigenvalue weighted by atomic mass is 127. The third-order valence-corrected chi connectivity index (χ3v) is 4.78. The zero-order chi connectivity index (χ0) is 17.2. The molecule has 0 saturated heterocycles. The van der Waals surface area contributed by atoms with Gasteiger partial charge < -0.3 is 10.6 Å². The van der Waals surface area contributed by atoms with E-state index in [2.05, 4.69) is 77.1 Å². The Balaban J connectivity index is 0.00000312. The Bertz CT molecular complexity index is 627. The average Bonchev–Trinajstić information content (AvgIpc) is 3.07. The number of guanidine groups is 1. The molecule has 0 aliphatic rings. The Morgan fingerprint density at radius 1 is 1.24 bits per heavy atom. The third-order valence-electron chi connectivity index (χ3n) is 3.74. The lowest BCUT2D eigenvalue weighted by Crippen LogP contribution is -2.42. The molecule has 25 heavy (non-hydrogen) atoms. The highest BCUT2D eigenvalue weighted by molar-refractivity contribution is 14.0. The van der Waals surface area contributed by atoms with E-state index in [1.165, 1.54) is 10.6 Å². The van der Waals surface area contributed by atoms with Gasteiger partial charge in [-0.2, -0.15) is 0 Å². The summed E-state index contributed by atoms with van der Waals surface area (Å²) in [6.07, 6.45) is 3.13. The number of benzene rings is 1. The van der Waals surface area contributed by atoms with Crippen LogP contribution in [0.2, 0.25) is 0 Å². The second kappa shape index (κ2) is 12.2. The zero-order valence-corrected chi connectivity index (χ0v) is 18.4. The third kappa shape index (κ3) is 8.18. The van der Waals surface area contributed by atoms with Gasteiger partial charge in [-0.25, -0.2) is 9.98 Å². The summed E-state index contributed by atoms with van der Waals surface area (Å²) in [6.45, 7) is 7.90. The minimum absolute atomic E-state index is 0. The Morgan fingerprint density at radius 3 is 2.64 bits per heavy atom. The Morgan fingerprint density at radius 2 is 2.00 bits per heavy atom. The molecule has 2 N–H and O–H groups in total. The van der Waals surface area contributed by atoms with Crippen molar-refractivity contribution >= 4 is 41.3 Å². The van der Waals surface area contributed by atoms with Crippen LogP contribution in [0.25, 0.3) is 0 Å². The van der Waals surface area contributed by atoms with Gasteiger partial charge in [-0.1, -0.05) is 37.3 Å². The average molecular weight is 472 g/mol. The fraction of sp³-hybridized carbons (Fsp3) is 0.474. The number of hydrogen-bond acceptors (Lipinski definition) is 3. The van der Waals surface area contributed by atoms with Crippen molar-refractivity contribution in [3.05, 3.63) is 52.0 Å². The van der Waals surface area contributed by atoms with E-state index in [1.54, 1.807) is 11.3 Å². The maximum atomic E-state index is 4.66. The summed E-state index contributed by atoms with van der Waals surface area (Å²) < 4.78 is 0. The second-order valence-electron chi connectivity index (χ2n) is 5.85. The van der Waals surface area contributed by atoms with Crippen LogP contribution in [0.15, 0.2) is 40.7 Å². The Labute approximate surface area is 172 Å². The molecule has 0 aliphatic carbocycles. The molecular weight excluding hydrogens is 443 g/mol. The van der Waals surface area contributed by atoms with E-state index in [1.807, 2.05) is 0 Å². The lowest BCUT2D eigenvalue weighted by molar-refractivity contribution is 0.593. The van der Waals surface area contributed by atoms with E-state index < -0.39 is 0 Å². The maximum absolute atomic E-state index is 4.66. The van der Waals surface area contributed by atoms with Gasteiger partial charge in [0.25, 0.3) is 0 Å². The number of rotatable bonds is 8. The first-order chi connectivity index (χ1) is 11.7. The van der Waals surface area contributed by atoms with E-state index in [4.69, 9.17) is 0 Å². The zero-order valence-electron chi connectivity index (χ0n) is 15.3. The molecule has 0 bridgehead atoms. The van der Waals surface area contributed by atoms with Crippen molar-refractivity contribution in [1.29, 1.82) is 0 Å². The summed E-state index contributed by atoms with van der Waals surface area (Å²) in [5.41, 5.74) is 2.42. The van der Waals surface area contributed by atoms with Crippen molar-refractivity contribution in [2.45, 2.75) is 52.6 Å². The maximum Gasteiger partial charge on any atom is 0.191 e. The van der Waals surface area contributed by atoms with Crippen LogP contribution >= 0.6 is 35.3 Å². The van der Waals surface area contributed by atoms with Crippen LogP contribution in [0.1, 0.15) is 43.5 Å². The number of nitrogens with zero attached hydrogens (tertiary/aromatic N) is 2. The standard InChI is InChI=1S/C19H28N4S.HI/c1-4-18-23-17(14-24-18)13-21-19(20-5-2)22-15(3)11-12-16-9-7-6-8-10-16;/h6-10,14-15H,4-5,11-13H2,1-3H3,(H2,20,21,22);1H. The van der Waals surface area contributed by atoms with E-state index >= 15 is 0 Å². The molecule has 1 heterocycles. The van der Waals surface area contributed by atoms with Gasteiger partial charge in [-0.05, 0) is 38.7 Å². The molecule has 0 spiro atoms. The smallest absolute Gasteiger partial charge is 0.191 e. The number of thiazole rings is 1. The molecule has 2 rings (SSSR count). The lowest BCUT2D eigenvalue weighted by Gasteiger charge is -2.17. The molecule has 4 nitrogen and oxygen atoms in total. The van der Waals surface area contributed by atoms with Crippen molar-refractivity contribution < 1.29 is 0 Å². The molecule has 138 valence electrons. The molecule has 0 saturated carbocycles. The molecule has 1 atom stereocenters. The predicted molar refractivity (Wildman–Crippen MR) is 119 cm³/mol. The molecule has 1 aromatic heterocycles. The lowest BCUT2D eigenvalue weighted by atomic mass is 10.1. The van der Waals surface area contributed by atoms with E-state index in [9.17, 15) is 0 Å². The first-order valence-corrected chi connectivity index (χ1v) is 9.61. The first-order valence-electron chi connectivity index (χ1n) is 8.73. The van der Waals surface area contributed by atoms with Gasteiger partial charge in [0, 0.05) is 18.0 Å². The van der Waals surface area contributed by atoms with Crippen molar-refractivity contribution in [3.8, 4) is 0 Å². The predicted octanol–water partition coefficient (Wildman–Crippen LogP) is 4.40. The molecule has 0 aliphatic heterocycles. The minimum atomic E-state index is 0. The highest BCUT2D eigenvalue weighted by Crippen LogP contribution is 2.11. The topological polar surface area (TPSA) is 49.3 Å². The van der Waals surface area contributed by atoms with Gasteiger partial charge in [-0.3, -0.25) is 0 Å². The summed E-state index contributed by atoms with van der Waals surface area (Å²) in [7, 11) is 0. The van der Waals surface area contributed by atoms with Crippen LogP contribution < -0.4 is 10.6 Å². The number of halogens is 1. The first kappa shape index (κ1) is 21.9. The SMILES string of the molecule is CCNC(=NCc1csc(CC)n1)NC(C)CCc1ccccc1.I. The number of aliphatic imine (C=N–C) groups is 1. The Hall–Kier alpha value is -1.15. The summed E-state index contributed by atoms with van der Waals surface area (Å²) >= 11 is 1.71. The van der Waals surface area contributed by atoms with Crippen LogP contribution in [0.5, 0.6) is 0 Å². The molecule has 1 aromatic carbocycles. The van der Waals surface area contributed by atoms with Gasteiger partial charge in [0.15, 0.2) is 5.96 Å². The van der Waals surface area contributed by atoms with Gasteiger partial charge in [0.05, 0.1) is 17.2 Å². The molecule has 2 aromatic rings. The fourth-order valence-corrected chi connectivity index (χ4v) is 3.13. The second-order valence-corrected chi connectivity index (χ2v) is 6.79. The van der Waals surface area contributed by atoms with Crippen LogP contribution in [0.3, 0.4) is 0 Å². The van der Waals surface area contributed by atoms with Crippen molar-refractivity contribution in [3.63, 3.8) is 0 Å². The summed E-state index contributed by atoms with van der Waals surface area (Å²) in [6, 6.07) is 11.0. The van der Waals surface area contributed by atoms with E-state index in [-0.39, 0.29) is 24.0 Å². The Kier molecular flexibility index (Phi) is 10.7. The summed E-state index contributed by atoms with van der Waals surface area (Å²) in [5, 5.41) is 10.1. The van der Waals surface area contributed by atoms with Crippen LogP contribution in [0.4, 0.5) is 0 Å². The van der Waals surface area contributed by atoms with Crippen LogP contribution in [-0.2, 0) is 19.4 Å². The monoisotopic (exact) mass is 472 g/mol. The number of hydrogen-bond donors (Lipinski definition) is 2. The summed E-state index contributed by atoms with van der Waals surface area (Å²) in [5.74, 6) is 0.865. The van der Waals surface area contributed by atoms with E-state index in [0.717, 1.165) is 37.5 Å². The molecular formula is C19H29IN4S. The van der Waals surface area contributed by atoms with Crippen molar-refractivity contribution in [2.24, 2.45) is 4.99 Å². The number of nitrogens with one attached hydrogen (secondary N) is 2. The van der Waals surface area contributed by atoms with Crippen LogP contribution in [0, 0.1) is 0 Å². The van der Waals surface area contributed by atoms with Gasteiger partial charge in [-0.15, -0.1) is 35.3 Å². The molecule has 1 unspecified atom stereocenters.